The summed E-state index contributed by atoms with van der Waals surface area (Å²) in [5.41, 5.74) is 7.01. The number of nitrogens with two attached hydrogens (primary N) is 1. The number of aromatic nitrogens is 1. The lowest BCUT2D eigenvalue weighted by Crippen LogP contribution is -2.14. The SMILES string of the molecule is COc1ccc(/C=C/C(=O)O/N=C(\N)c2cccnc2)cc1OC. The second kappa shape index (κ2) is 8.33. The van der Waals surface area contributed by atoms with Crippen molar-refractivity contribution in [1.29, 1.82) is 0 Å². The Morgan fingerprint density at radius 3 is 2.67 bits per heavy atom. The first-order valence-corrected chi connectivity index (χ1v) is 6.99. The van der Waals surface area contributed by atoms with E-state index in [2.05, 4.69) is 10.1 Å². The fourth-order valence-corrected chi connectivity index (χ4v) is 1.81. The highest BCUT2D eigenvalue weighted by molar-refractivity contribution is 5.97. The fraction of sp³-hybridized carbons (Fsp3) is 0.118. The standard InChI is InChI=1S/C17H17N3O4/c1-22-14-7-5-12(10-15(14)23-2)6-8-16(21)24-20-17(18)13-4-3-9-19-11-13/h3-11H,1-2H3,(H2,18,20)/b8-6+. The number of nitrogens with zero attached hydrogens (tertiary/aromatic N) is 2. The van der Waals surface area contributed by atoms with Gasteiger partial charge in [0.25, 0.3) is 0 Å². The second-order valence-electron chi connectivity index (χ2n) is 4.58. The molecule has 0 fully saturated rings. The lowest BCUT2D eigenvalue weighted by atomic mass is 10.2. The minimum atomic E-state index is -0.656. The molecule has 0 bridgehead atoms. The topological polar surface area (TPSA) is 96.0 Å². The largest absolute Gasteiger partial charge is 0.493 e. The number of carbonyl (C=O) groups is 1. The molecule has 1 aromatic heterocycles. The van der Waals surface area contributed by atoms with Gasteiger partial charge in [0.1, 0.15) is 0 Å². The van der Waals surface area contributed by atoms with E-state index in [1.165, 1.54) is 19.4 Å². The first-order chi connectivity index (χ1) is 11.6. The van der Waals surface area contributed by atoms with E-state index in [-0.39, 0.29) is 5.84 Å². The molecule has 1 aromatic carbocycles. The smallest absolute Gasteiger partial charge is 0.358 e. The number of hydrogen-bond donors (Lipinski definition) is 1. The molecule has 0 aliphatic heterocycles. The Kier molecular flexibility index (Phi) is 5.90. The van der Waals surface area contributed by atoms with E-state index < -0.39 is 5.97 Å². The van der Waals surface area contributed by atoms with Crippen LogP contribution in [0.1, 0.15) is 11.1 Å². The van der Waals surface area contributed by atoms with E-state index in [0.29, 0.717) is 17.1 Å². The van der Waals surface area contributed by atoms with Crippen LogP contribution in [0.4, 0.5) is 0 Å². The third-order valence-electron chi connectivity index (χ3n) is 3.01. The van der Waals surface area contributed by atoms with E-state index in [4.69, 9.17) is 20.0 Å². The van der Waals surface area contributed by atoms with E-state index in [1.807, 2.05) is 0 Å². The zero-order chi connectivity index (χ0) is 17.4. The van der Waals surface area contributed by atoms with Crippen LogP contribution in [-0.4, -0.2) is 31.0 Å². The summed E-state index contributed by atoms with van der Waals surface area (Å²) in [6.07, 6.45) is 5.93. The van der Waals surface area contributed by atoms with Crippen LogP contribution in [-0.2, 0) is 9.63 Å². The van der Waals surface area contributed by atoms with Crippen molar-refractivity contribution in [3.8, 4) is 11.5 Å². The highest BCUT2D eigenvalue weighted by atomic mass is 16.7. The fourth-order valence-electron chi connectivity index (χ4n) is 1.81. The number of hydrogen-bond acceptors (Lipinski definition) is 6. The van der Waals surface area contributed by atoms with Crippen molar-refractivity contribution in [1.82, 2.24) is 4.98 Å². The van der Waals surface area contributed by atoms with E-state index in [9.17, 15) is 4.79 Å². The molecule has 0 aliphatic rings. The van der Waals surface area contributed by atoms with Crippen LogP contribution >= 0.6 is 0 Å². The van der Waals surface area contributed by atoms with E-state index >= 15 is 0 Å². The molecule has 0 aliphatic carbocycles. The van der Waals surface area contributed by atoms with Crippen molar-refractivity contribution in [3.63, 3.8) is 0 Å². The van der Waals surface area contributed by atoms with Gasteiger partial charge in [-0.05, 0) is 35.9 Å². The van der Waals surface area contributed by atoms with Crippen molar-refractivity contribution >= 4 is 17.9 Å². The van der Waals surface area contributed by atoms with Gasteiger partial charge in [-0.3, -0.25) is 4.98 Å². The lowest BCUT2D eigenvalue weighted by Gasteiger charge is -2.07. The van der Waals surface area contributed by atoms with Gasteiger partial charge in [0.05, 0.1) is 14.2 Å². The van der Waals surface area contributed by atoms with Crippen LogP contribution in [0.15, 0.2) is 54.0 Å². The maximum absolute atomic E-state index is 11.7. The maximum Gasteiger partial charge on any atom is 0.358 e. The van der Waals surface area contributed by atoms with Crippen LogP contribution in [0.25, 0.3) is 6.08 Å². The predicted octanol–water partition coefficient (Wildman–Crippen LogP) is 1.98. The zero-order valence-electron chi connectivity index (χ0n) is 13.3. The number of pyridine rings is 1. The summed E-state index contributed by atoms with van der Waals surface area (Å²) in [5, 5.41) is 3.58. The molecule has 2 N–H and O–H groups in total. The highest BCUT2D eigenvalue weighted by Crippen LogP contribution is 2.27. The van der Waals surface area contributed by atoms with Crippen molar-refractivity contribution in [2.24, 2.45) is 10.9 Å². The molecule has 0 amide bonds. The molecule has 7 nitrogen and oxygen atoms in total. The van der Waals surface area contributed by atoms with Gasteiger partial charge in [-0.1, -0.05) is 11.2 Å². The Hall–Kier alpha value is -3.35. The van der Waals surface area contributed by atoms with Crippen LogP contribution < -0.4 is 15.2 Å². The first kappa shape index (κ1) is 17.0. The molecule has 0 atom stereocenters. The Balaban J connectivity index is 2.00. The summed E-state index contributed by atoms with van der Waals surface area (Å²) in [7, 11) is 3.09. The van der Waals surface area contributed by atoms with Crippen molar-refractivity contribution in [2.75, 3.05) is 14.2 Å². The molecule has 24 heavy (non-hydrogen) atoms. The van der Waals surface area contributed by atoms with Crippen LogP contribution in [0.2, 0.25) is 0 Å². The van der Waals surface area contributed by atoms with Crippen LogP contribution in [0, 0.1) is 0 Å². The van der Waals surface area contributed by atoms with Gasteiger partial charge < -0.3 is 20.0 Å². The molecule has 7 heteroatoms. The Morgan fingerprint density at radius 2 is 2.00 bits per heavy atom. The highest BCUT2D eigenvalue weighted by Gasteiger charge is 2.04. The molecular weight excluding hydrogens is 310 g/mol. The van der Waals surface area contributed by atoms with Gasteiger partial charge in [0.2, 0.25) is 0 Å². The molecule has 0 saturated carbocycles. The van der Waals surface area contributed by atoms with Crippen molar-refractivity contribution < 1.29 is 19.1 Å². The van der Waals surface area contributed by atoms with E-state index in [0.717, 1.165) is 5.56 Å². The molecule has 0 unspecified atom stereocenters. The third kappa shape index (κ3) is 4.57. The summed E-state index contributed by atoms with van der Waals surface area (Å²) >= 11 is 0. The minimum absolute atomic E-state index is 0.0657. The van der Waals surface area contributed by atoms with Gasteiger partial charge in [-0.25, -0.2) is 4.79 Å². The minimum Gasteiger partial charge on any atom is -0.493 e. The molecule has 0 saturated heterocycles. The van der Waals surface area contributed by atoms with Crippen molar-refractivity contribution in [3.05, 3.63) is 59.9 Å². The average Bonchev–Trinajstić information content (AvgIpc) is 2.64. The Morgan fingerprint density at radius 1 is 1.21 bits per heavy atom. The van der Waals surface area contributed by atoms with E-state index in [1.54, 1.807) is 49.7 Å². The van der Waals surface area contributed by atoms with Crippen LogP contribution in [0.5, 0.6) is 11.5 Å². The number of oxime groups is 1. The Labute approximate surface area is 139 Å². The summed E-state index contributed by atoms with van der Waals surface area (Å²) in [6.45, 7) is 0. The maximum atomic E-state index is 11.7. The van der Waals surface area contributed by atoms with Gasteiger partial charge in [-0.2, -0.15) is 0 Å². The molecule has 2 aromatic rings. The van der Waals surface area contributed by atoms with Gasteiger partial charge in [0.15, 0.2) is 17.3 Å². The number of methoxy groups -OCH3 is 2. The summed E-state index contributed by atoms with van der Waals surface area (Å²) in [4.78, 5) is 20.3. The van der Waals surface area contributed by atoms with Gasteiger partial charge >= 0.3 is 5.97 Å². The number of amidine groups is 1. The molecule has 0 radical (unpaired) electrons. The average molecular weight is 327 g/mol. The monoisotopic (exact) mass is 327 g/mol. The normalized spacial score (nSPS) is 11.3. The second-order valence-corrected chi connectivity index (χ2v) is 4.58. The predicted molar refractivity (Wildman–Crippen MR) is 89.6 cm³/mol. The number of carbonyl (C=O) groups excluding carboxylic acids is 1. The summed E-state index contributed by atoms with van der Waals surface area (Å²) in [5.74, 6) is 0.575. The number of rotatable bonds is 6. The van der Waals surface area contributed by atoms with Crippen LogP contribution in [0.3, 0.4) is 0 Å². The number of ether oxygens (including phenoxy) is 2. The van der Waals surface area contributed by atoms with Gasteiger partial charge in [0, 0.05) is 24.0 Å². The molecule has 1 heterocycles. The molecular formula is C17H17N3O4. The lowest BCUT2D eigenvalue weighted by molar-refractivity contribution is -0.137. The Bertz CT molecular complexity index is 758. The zero-order valence-corrected chi connectivity index (χ0v) is 13.3. The summed E-state index contributed by atoms with van der Waals surface area (Å²) < 4.78 is 10.3. The third-order valence-corrected chi connectivity index (χ3v) is 3.01. The quantitative estimate of drug-likeness (QED) is 0.286. The molecule has 124 valence electrons. The number of benzene rings is 1. The summed E-state index contributed by atoms with van der Waals surface area (Å²) in [6, 6.07) is 8.66. The first-order valence-electron chi connectivity index (χ1n) is 6.99. The van der Waals surface area contributed by atoms with Crippen molar-refractivity contribution in [2.45, 2.75) is 0 Å². The van der Waals surface area contributed by atoms with Gasteiger partial charge in [-0.15, -0.1) is 0 Å². The molecule has 0 spiro atoms. The molecule has 2 rings (SSSR count).